The minimum atomic E-state index is 0. The fourth-order valence-corrected chi connectivity index (χ4v) is 0.970. The van der Waals surface area contributed by atoms with E-state index in [1.807, 2.05) is 37.3 Å². The Hall–Kier alpha value is -0.861. The van der Waals surface area contributed by atoms with Gasteiger partial charge >= 0.3 is 32.7 Å². The Morgan fingerprint density at radius 2 is 1.94 bits per heavy atom. The molecule has 1 N–H and O–H groups in total. The van der Waals surface area contributed by atoms with Crippen LogP contribution in [-0.2, 0) is 32.7 Å². The largest absolute Gasteiger partial charge is 3.00 e. The van der Waals surface area contributed by atoms with Gasteiger partial charge in [0.05, 0.1) is 0 Å². The minimum absolute atomic E-state index is 0. The number of benzene rings is 1. The van der Waals surface area contributed by atoms with Crippen molar-refractivity contribution < 1.29 is 37.9 Å². The van der Waals surface area contributed by atoms with Crippen LogP contribution in [0.15, 0.2) is 47.5 Å². The molecule has 0 unspecified atom stereocenters. The van der Waals surface area contributed by atoms with Gasteiger partial charge in [-0.2, -0.15) is 42.5 Å². The van der Waals surface area contributed by atoms with E-state index in [2.05, 4.69) is 17.0 Å². The standard InChI is InChI=1S/C6H6BN2O.C6H5.Y/c1-5-2-3-6(8-7)9(10)4-5;1-2-4-6-5-3-1;/h3-4,10H,1H3;1-5H;/q2*-1;+3/b8-6+;;. The van der Waals surface area contributed by atoms with E-state index in [0.717, 1.165) is 10.3 Å². The summed E-state index contributed by atoms with van der Waals surface area (Å²) in [5, 5.41) is 9.01. The second-order valence-electron chi connectivity index (χ2n) is 3.01. The molecule has 0 aliphatic rings. The molecule has 0 saturated carbocycles. The molecule has 2 rings (SSSR count). The molecule has 0 aliphatic carbocycles. The Labute approximate surface area is 127 Å². The molecule has 0 saturated heterocycles. The maximum absolute atomic E-state index is 9.01. The van der Waals surface area contributed by atoms with Crippen molar-refractivity contribution in [3.05, 3.63) is 65.8 Å². The normalized spacial score (nSPS) is 9.82. The van der Waals surface area contributed by atoms with Crippen molar-refractivity contribution in [1.82, 2.24) is 4.73 Å². The Morgan fingerprint density at radius 3 is 2.29 bits per heavy atom. The summed E-state index contributed by atoms with van der Waals surface area (Å²) < 4.78 is 0.853. The second kappa shape index (κ2) is 9.20. The van der Waals surface area contributed by atoms with E-state index in [0.29, 0.717) is 0 Å². The summed E-state index contributed by atoms with van der Waals surface area (Å²) in [7, 11) is 4.92. The third-order valence-electron chi connectivity index (χ3n) is 1.72. The Morgan fingerprint density at radius 1 is 1.29 bits per heavy atom. The number of nitrogens with zero attached hydrogens (tertiary/aromatic N) is 2. The number of aryl methyl sites for hydroxylation is 1. The Bertz CT molecular complexity index is 459. The fraction of sp³-hybridized carbons (Fsp3) is 0.0833. The average Bonchev–Trinajstić information content (AvgIpc) is 2.32. The van der Waals surface area contributed by atoms with Crippen LogP contribution in [0.1, 0.15) is 5.56 Å². The number of hydrogen-bond acceptors (Lipinski definition) is 2. The van der Waals surface area contributed by atoms with Gasteiger partial charge < -0.3 is 10.1 Å². The molecular weight excluding hydrogens is 288 g/mol. The molecule has 2 aromatic rings. The zero-order valence-electron chi connectivity index (χ0n) is 9.54. The first-order valence-corrected chi connectivity index (χ1v) is 4.69. The van der Waals surface area contributed by atoms with Crippen LogP contribution in [0.25, 0.3) is 0 Å². The zero-order valence-corrected chi connectivity index (χ0v) is 12.4. The fourth-order valence-electron chi connectivity index (χ4n) is 0.970. The number of hydrogen-bond donors (Lipinski definition) is 1. The van der Waals surface area contributed by atoms with Gasteiger partial charge in [0.1, 0.15) is 0 Å². The maximum Gasteiger partial charge on any atom is 3.00 e. The molecule has 1 aromatic heterocycles. The van der Waals surface area contributed by atoms with Gasteiger partial charge in [-0.15, -0.1) is 11.6 Å². The van der Waals surface area contributed by atoms with Crippen LogP contribution in [0, 0.1) is 19.1 Å². The number of aromatic nitrogens is 1. The van der Waals surface area contributed by atoms with Gasteiger partial charge in [-0.3, -0.25) is 4.73 Å². The van der Waals surface area contributed by atoms with Crippen molar-refractivity contribution in [3.63, 3.8) is 0 Å². The Kier molecular flexibility index (Phi) is 8.73. The van der Waals surface area contributed by atoms with Crippen LogP contribution in [0.2, 0.25) is 0 Å². The molecule has 2 radical (unpaired) electrons. The molecule has 0 aliphatic heterocycles. The van der Waals surface area contributed by atoms with Gasteiger partial charge in [0, 0.05) is 5.49 Å². The van der Waals surface area contributed by atoms with Crippen molar-refractivity contribution in [3.8, 4) is 0 Å². The van der Waals surface area contributed by atoms with E-state index in [-0.39, 0.29) is 38.2 Å². The quantitative estimate of drug-likeness (QED) is 0.444. The number of pyridine rings is 1. The predicted molar refractivity (Wildman–Crippen MR) is 61.8 cm³/mol. The molecule has 0 amide bonds. The van der Waals surface area contributed by atoms with E-state index in [4.69, 9.17) is 13.2 Å². The summed E-state index contributed by atoms with van der Waals surface area (Å²) in [6, 6.07) is 16.8. The van der Waals surface area contributed by atoms with Gasteiger partial charge in [-0.05, 0) is 0 Å². The van der Waals surface area contributed by atoms with E-state index in [9.17, 15) is 0 Å². The van der Waals surface area contributed by atoms with E-state index < -0.39 is 0 Å². The van der Waals surface area contributed by atoms with Crippen LogP contribution >= 0.6 is 0 Å². The average molecular weight is 299 g/mol. The SMILES string of the molecule is [B]/N=c1\c[c-]c(C)cn1O.[Y+3].[c-]1ccccc1. The van der Waals surface area contributed by atoms with Gasteiger partial charge in [-0.1, -0.05) is 13.1 Å². The molecule has 1 aromatic carbocycles. The van der Waals surface area contributed by atoms with Gasteiger partial charge in [-0.25, -0.2) is 0 Å². The monoisotopic (exact) mass is 299 g/mol. The minimum Gasteiger partial charge on any atom is -0.450 e. The number of rotatable bonds is 0. The van der Waals surface area contributed by atoms with Crippen LogP contribution in [0.5, 0.6) is 0 Å². The molecule has 1 heterocycles. The first-order chi connectivity index (χ1) is 7.74. The maximum atomic E-state index is 9.01. The van der Waals surface area contributed by atoms with Crippen molar-refractivity contribution in [2.75, 3.05) is 0 Å². The summed E-state index contributed by atoms with van der Waals surface area (Å²) in [6.07, 6.45) is 1.48. The van der Waals surface area contributed by atoms with E-state index >= 15 is 0 Å². The molecule has 5 heteroatoms. The van der Waals surface area contributed by atoms with Crippen molar-refractivity contribution in [2.45, 2.75) is 6.92 Å². The third kappa shape index (κ3) is 6.44. The van der Waals surface area contributed by atoms with Gasteiger partial charge in [0.25, 0.3) is 0 Å². The molecule has 0 fully saturated rings. The Balaban J connectivity index is 0.000000316. The molecule has 0 atom stereocenters. The van der Waals surface area contributed by atoms with Crippen molar-refractivity contribution in [2.24, 2.45) is 4.90 Å². The van der Waals surface area contributed by atoms with Crippen LogP contribution in [0.3, 0.4) is 0 Å². The van der Waals surface area contributed by atoms with Crippen LogP contribution in [-0.4, -0.2) is 17.9 Å². The first kappa shape index (κ1) is 16.1. The van der Waals surface area contributed by atoms with E-state index in [1.165, 1.54) is 12.3 Å². The van der Waals surface area contributed by atoms with Crippen LogP contribution < -0.4 is 5.49 Å². The molecule has 80 valence electrons. The third-order valence-corrected chi connectivity index (χ3v) is 1.72. The summed E-state index contributed by atoms with van der Waals surface area (Å²) in [5.41, 5.74) is 1.11. The predicted octanol–water partition coefficient (Wildman–Crippen LogP) is 1.30. The van der Waals surface area contributed by atoms with Gasteiger partial charge in [0.15, 0.2) is 0 Å². The second-order valence-corrected chi connectivity index (χ2v) is 3.01. The van der Waals surface area contributed by atoms with Crippen molar-refractivity contribution in [1.29, 1.82) is 0 Å². The molecular formula is C12H11BN2OY+. The molecule has 0 spiro atoms. The molecule has 17 heavy (non-hydrogen) atoms. The van der Waals surface area contributed by atoms with Crippen molar-refractivity contribution >= 4 is 7.98 Å². The first-order valence-electron chi connectivity index (χ1n) is 4.69. The molecule has 0 bridgehead atoms. The summed E-state index contributed by atoms with van der Waals surface area (Å²) in [6.45, 7) is 1.81. The van der Waals surface area contributed by atoms with E-state index in [1.54, 1.807) is 0 Å². The zero-order chi connectivity index (χ0) is 11.8. The summed E-state index contributed by atoms with van der Waals surface area (Å²) in [5.74, 6) is 0. The molecule has 3 nitrogen and oxygen atoms in total. The summed E-state index contributed by atoms with van der Waals surface area (Å²) >= 11 is 0. The topological polar surface area (TPSA) is 37.5 Å². The smallest absolute Gasteiger partial charge is 0.450 e. The summed E-state index contributed by atoms with van der Waals surface area (Å²) in [4.78, 5) is 3.29. The van der Waals surface area contributed by atoms with Gasteiger partial charge in [0.2, 0.25) is 7.98 Å². The van der Waals surface area contributed by atoms with Crippen LogP contribution in [0.4, 0.5) is 0 Å².